The molecule has 1 heterocycles. The van der Waals surface area contributed by atoms with Crippen LogP contribution in [0.5, 0.6) is 0 Å². The van der Waals surface area contributed by atoms with Crippen molar-refractivity contribution in [2.45, 2.75) is 31.7 Å². The average Bonchev–Trinajstić information content (AvgIpc) is 2.78. The highest BCUT2D eigenvalue weighted by Gasteiger charge is 2.23. The summed E-state index contributed by atoms with van der Waals surface area (Å²) in [5.41, 5.74) is 1.61. The standard InChI is InChI=1S/C23H26ClN3O3/c24-19-9-6-17(7-10-19)8-11-22(29)27-14-12-20(13-15-27)26-21(28)16-25-23(30)18-4-2-1-3-5-18/h1-7,9-10,20H,8,11-16H2,(H,25,30)(H,26,28). The second-order valence-corrected chi connectivity index (χ2v) is 7.83. The highest BCUT2D eigenvalue weighted by Crippen LogP contribution is 2.14. The normalized spacial score (nSPS) is 14.2. The maximum Gasteiger partial charge on any atom is 0.251 e. The molecule has 30 heavy (non-hydrogen) atoms. The molecule has 2 aromatic rings. The van der Waals surface area contributed by atoms with Crippen LogP contribution in [0.4, 0.5) is 0 Å². The molecular formula is C23H26ClN3O3. The van der Waals surface area contributed by atoms with E-state index in [0.717, 1.165) is 5.56 Å². The molecule has 0 aliphatic carbocycles. The Morgan fingerprint density at radius 2 is 1.63 bits per heavy atom. The molecule has 1 fully saturated rings. The van der Waals surface area contributed by atoms with Crippen molar-refractivity contribution >= 4 is 29.3 Å². The number of halogens is 1. The van der Waals surface area contributed by atoms with Gasteiger partial charge in [0.2, 0.25) is 11.8 Å². The fourth-order valence-corrected chi connectivity index (χ4v) is 3.59. The number of rotatable bonds is 7. The summed E-state index contributed by atoms with van der Waals surface area (Å²) in [7, 11) is 0. The van der Waals surface area contributed by atoms with Gasteiger partial charge in [0, 0.05) is 36.1 Å². The Bertz CT molecular complexity index is 863. The molecule has 1 saturated heterocycles. The van der Waals surface area contributed by atoms with Gasteiger partial charge in [-0.25, -0.2) is 0 Å². The zero-order chi connectivity index (χ0) is 21.3. The van der Waals surface area contributed by atoms with Gasteiger partial charge in [0.25, 0.3) is 5.91 Å². The minimum Gasteiger partial charge on any atom is -0.352 e. The molecule has 0 spiro atoms. The lowest BCUT2D eigenvalue weighted by atomic mass is 10.0. The predicted octanol–water partition coefficient (Wildman–Crippen LogP) is 2.81. The summed E-state index contributed by atoms with van der Waals surface area (Å²) < 4.78 is 0. The lowest BCUT2D eigenvalue weighted by Gasteiger charge is -2.32. The van der Waals surface area contributed by atoms with Gasteiger partial charge in [-0.1, -0.05) is 41.9 Å². The summed E-state index contributed by atoms with van der Waals surface area (Å²) in [5, 5.41) is 6.26. The Kier molecular flexibility index (Phi) is 7.85. The molecule has 0 saturated carbocycles. The van der Waals surface area contributed by atoms with Crippen LogP contribution < -0.4 is 10.6 Å². The third-order valence-electron chi connectivity index (χ3n) is 5.20. The van der Waals surface area contributed by atoms with E-state index >= 15 is 0 Å². The van der Waals surface area contributed by atoms with Gasteiger partial charge < -0.3 is 15.5 Å². The lowest BCUT2D eigenvalue weighted by molar-refractivity contribution is -0.132. The fourth-order valence-electron chi connectivity index (χ4n) is 3.46. The molecule has 158 valence electrons. The Labute approximate surface area is 181 Å². The number of hydrogen-bond donors (Lipinski definition) is 2. The van der Waals surface area contributed by atoms with Gasteiger partial charge in [0.05, 0.1) is 6.54 Å². The molecule has 6 nitrogen and oxygen atoms in total. The van der Waals surface area contributed by atoms with E-state index in [4.69, 9.17) is 11.6 Å². The van der Waals surface area contributed by atoms with Crippen LogP contribution in [0, 0.1) is 0 Å². The van der Waals surface area contributed by atoms with Crippen molar-refractivity contribution in [1.29, 1.82) is 0 Å². The van der Waals surface area contributed by atoms with E-state index in [-0.39, 0.29) is 30.3 Å². The Morgan fingerprint density at radius 1 is 0.967 bits per heavy atom. The maximum atomic E-state index is 12.4. The summed E-state index contributed by atoms with van der Waals surface area (Å²) in [5.74, 6) is -0.358. The van der Waals surface area contributed by atoms with Crippen LogP contribution in [-0.2, 0) is 16.0 Å². The van der Waals surface area contributed by atoms with Crippen LogP contribution in [0.15, 0.2) is 54.6 Å². The van der Waals surface area contributed by atoms with Gasteiger partial charge in [0.1, 0.15) is 0 Å². The van der Waals surface area contributed by atoms with E-state index in [1.54, 1.807) is 24.3 Å². The van der Waals surface area contributed by atoms with Crippen molar-refractivity contribution in [1.82, 2.24) is 15.5 Å². The molecule has 0 radical (unpaired) electrons. The lowest BCUT2D eigenvalue weighted by Crippen LogP contribution is -2.48. The largest absolute Gasteiger partial charge is 0.352 e. The van der Waals surface area contributed by atoms with Crippen molar-refractivity contribution in [3.8, 4) is 0 Å². The topological polar surface area (TPSA) is 78.5 Å². The second kappa shape index (κ2) is 10.8. The molecular weight excluding hydrogens is 402 g/mol. The summed E-state index contributed by atoms with van der Waals surface area (Å²) in [6.07, 6.45) is 2.58. The number of hydrogen-bond acceptors (Lipinski definition) is 3. The SMILES string of the molecule is O=C(CNC(=O)c1ccccc1)NC1CCN(C(=O)CCc2ccc(Cl)cc2)CC1. The number of likely N-dealkylation sites (tertiary alicyclic amines) is 1. The van der Waals surface area contributed by atoms with E-state index in [1.807, 2.05) is 35.2 Å². The average molecular weight is 428 g/mol. The molecule has 0 bridgehead atoms. The van der Waals surface area contributed by atoms with Gasteiger partial charge in [-0.15, -0.1) is 0 Å². The number of amides is 3. The molecule has 3 rings (SSSR count). The summed E-state index contributed by atoms with van der Waals surface area (Å²) in [4.78, 5) is 38.4. The summed E-state index contributed by atoms with van der Waals surface area (Å²) in [6.45, 7) is 1.19. The van der Waals surface area contributed by atoms with Crippen LogP contribution >= 0.6 is 11.6 Å². The third kappa shape index (κ3) is 6.59. The van der Waals surface area contributed by atoms with E-state index in [1.165, 1.54) is 0 Å². The van der Waals surface area contributed by atoms with E-state index in [0.29, 0.717) is 49.4 Å². The minimum absolute atomic E-state index is 0.0199. The first-order valence-electron chi connectivity index (χ1n) is 10.2. The van der Waals surface area contributed by atoms with Crippen molar-refractivity contribution in [2.24, 2.45) is 0 Å². The number of benzene rings is 2. The molecule has 7 heteroatoms. The number of nitrogens with one attached hydrogen (secondary N) is 2. The predicted molar refractivity (Wildman–Crippen MR) is 116 cm³/mol. The quantitative estimate of drug-likeness (QED) is 0.713. The highest BCUT2D eigenvalue weighted by atomic mass is 35.5. The Hall–Kier alpha value is -2.86. The maximum absolute atomic E-state index is 12.4. The summed E-state index contributed by atoms with van der Waals surface area (Å²) in [6, 6.07) is 16.3. The van der Waals surface area contributed by atoms with Crippen LogP contribution in [0.3, 0.4) is 0 Å². The van der Waals surface area contributed by atoms with Crippen LogP contribution in [0.25, 0.3) is 0 Å². The first-order valence-corrected chi connectivity index (χ1v) is 10.5. The number of carbonyl (C=O) groups is 3. The first kappa shape index (κ1) is 21.8. The number of carbonyl (C=O) groups excluding carboxylic acids is 3. The molecule has 0 aromatic heterocycles. The molecule has 0 atom stereocenters. The number of nitrogens with zero attached hydrogens (tertiary/aromatic N) is 1. The summed E-state index contributed by atoms with van der Waals surface area (Å²) >= 11 is 5.88. The van der Waals surface area contributed by atoms with Gasteiger partial charge in [-0.05, 0) is 49.1 Å². The van der Waals surface area contributed by atoms with Crippen LogP contribution in [-0.4, -0.2) is 48.3 Å². The fraction of sp³-hybridized carbons (Fsp3) is 0.348. The van der Waals surface area contributed by atoms with Crippen molar-refractivity contribution < 1.29 is 14.4 Å². The van der Waals surface area contributed by atoms with Gasteiger partial charge in [0.15, 0.2) is 0 Å². The number of aryl methyl sites for hydroxylation is 1. The smallest absolute Gasteiger partial charge is 0.251 e. The minimum atomic E-state index is -0.271. The van der Waals surface area contributed by atoms with Gasteiger partial charge >= 0.3 is 0 Å². The van der Waals surface area contributed by atoms with Crippen LogP contribution in [0.1, 0.15) is 35.2 Å². The molecule has 2 N–H and O–H groups in total. The van der Waals surface area contributed by atoms with Crippen molar-refractivity contribution in [3.05, 3.63) is 70.7 Å². The first-order chi connectivity index (χ1) is 14.5. The van der Waals surface area contributed by atoms with Gasteiger partial charge in [-0.2, -0.15) is 0 Å². The Balaban J connectivity index is 1.34. The van der Waals surface area contributed by atoms with Gasteiger partial charge in [-0.3, -0.25) is 14.4 Å². The molecule has 2 aromatic carbocycles. The third-order valence-corrected chi connectivity index (χ3v) is 5.45. The van der Waals surface area contributed by atoms with E-state index in [2.05, 4.69) is 10.6 Å². The number of piperidine rings is 1. The molecule has 1 aliphatic rings. The molecule has 0 unspecified atom stereocenters. The monoisotopic (exact) mass is 427 g/mol. The van der Waals surface area contributed by atoms with Crippen LogP contribution in [0.2, 0.25) is 5.02 Å². The molecule has 3 amide bonds. The van der Waals surface area contributed by atoms with Crippen molar-refractivity contribution in [3.63, 3.8) is 0 Å². The zero-order valence-electron chi connectivity index (χ0n) is 16.8. The Morgan fingerprint density at radius 3 is 2.30 bits per heavy atom. The molecule has 1 aliphatic heterocycles. The second-order valence-electron chi connectivity index (χ2n) is 7.40. The van der Waals surface area contributed by atoms with Crippen molar-refractivity contribution in [2.75, 3.05) is 19.6 Å². The highest BCUT2D eigenvalue weighted by molar-refractivity contribution is 6.30. The van der Waals surface area contributed by atoms with E-state index < -0.39 is 0 Å². The zero-order valence-corrected chi connectivity index (χ0v) is 17.5. The van der Waals surface area contributed by atoms with E-state index in [9.17, 15) is 14.4 Å².